The molecule has 2 aromatic carbocycles. The first-order chi connectivity index (χ1) is 14.0. The molecule has 0 atom stereocenters. The van der Waals surface area contributed by atoms with Crippen LogP contribution >= 0.6 is 22.9 Å². The monoisotopic (exact) mass is 421 g/mol. The van der Waals surface area contributed by atoms with Crippen LogP contribution < -0.4 is 4.90 Å². The van der Waals surface area contributed by atoms with Crippen molar-refractivity contribution in [2.75, 3.05) is 4.90 Å². The number of nitrogens with zero attached hydrogens (tertiary/aromatic N) is 3. The third-order valence-corrected chi connectivity index (χ3v) is 6.30. The Morgan fingerprint density at radius 1 is 1.07 bits per heavy atom. The standard InChI is InChI=1S/C23H20ClN3OS/c1-15-5-8-17(9-6-15)12-20(28)27(14-18-4-3-11-25-13-18)23-26-21-16(2)7-10-19(24)22(21)29-23/h3-11,13H,12,14H2,1-2H3. The van der Waals surface area contributed by atoms with Crippen molar-refractivity contribution in [2.24, 2.45) is 0 Å². The molecule has 0 N–H and O–H groups in total. The van der Waals surface area contributed by atoms with E-state index in [1.54, 1.807) is 17.3 Å². The lowest BCUT2D eigenvalue weighted by molar-refractivity contribution is -0.118. The first-order valence-electron chi connectivity index (χ1n) is 9.32. The molecular formula is C23H20ClN3OS. The molecule has 0 radical (unpaired) electrons. The third kappa shape index (κ3) is 4.31. The van der Waals surface area contributed by atoms with Gasteiger partial charge < -0.3 is 0 Å². The normalized spacial score (nSPS) is 11.0. The van der Waals surface area contributed by atoms with E-state index in [9.17, 15) is 4.79 Å². The molecule has 4 aromatic rings. The highest BCUT2D eigenvalue weighted by molar-refractivity contribution is 7.23. The summed E-state index contributed by atoms with van der Waals surface area (Å²) in [7, 11) is 0. The number of amides is 1. The van der Waals surface area contributed by atoms with Gasteiger partial charge in [0.05, 0.1) is 28.2 Å². The first kappa shape index (κ1) is 19.6. The van der Waals surface area contributed by atoms with Crippen LogP contribution in [0.3, 0.4) is 0 Å². The molecule has 0 spiro atoms. The Morgan fingerprint density at radius 2 is 1.86 bits per heavy atom. The topological polar surface area (TPSA) is 46.1 Å². The van der Waals surface area contributed by atoms with E-state index in [0.29, 0.717) is 23.1 Å². The number of rotatable bonds is 5. The minimum atomic E-state index is -0.00876. The van der Waals surface area contributed by atoms with E-state index >= 15 is 0 Å². The molecule has 29 heavy (non-hydrogen) atoms. The Labute approximate surface area is 178 Å². The van der Waals surface area contributed by atoms with Crippen LogP contribution in [0.25, 0.3) is 10.2 Å². The van der Waals surface area contributed by atoms with E-state index < -0.39 is 0 Å². The Bertz CT molecular complexity index is 1120. The molecule has 2 heterocycles. The molecule has 0 fully saturated rings. The van der Waals surface area contributed by atoms with Crippen LogP contribution in [0.4, 0.5) is 5.13 Å². The van der Waals surface area contributed by atoms with Gasteiger partial charge in [0, 0.05) is 12.4 Å². The second-order valence-corrected chi connectivity index (χ2v) is 8.43. The van der Waals surface area contributed by atoms with Crippen LogP contribution in [-0.4, -0.2) is 15.9 Å². The maximum atomic E-state index is 13.3. The lowest BCUT2D eigenvalue weighted by Crippen LogP contribution is -2.31. The average molecular weight is 422 g/mol. The van der Waals surface area contributed by atoms with E-state index in [-0.39, 0.29) is 5.91 Å². The van der Waals surface area contributed by atoms with Crippen molar-refractivity contribution < 1.29 is 4.79 Å². The number of anilines is 1. The Kier molecular flexibility index (Phi) is 5.60. The van der Waals surface area contributed by atoms with Crippen LogP contribution in [-0.2, 0) is 17.8 Å². The van der Waals surface area contributed by atoms with Gasteiger partial charge in [0.1, 0.15) is 0 Å². The average Bonchev–Trinajstić information content (AvgIpc) is 3.18. The van der Waals surface area contributed by atoms with Crippen LogP contribution in [0, 0.1) is 13.8 Å². The van der Waals surface area contributed by atoms with Gasteiger partial charge in [0.15, 0.2) is 5.13 Å². The highest BCUT2D eigenvalue weighted by Gasteiger charge is 2.22. The number of hydrogen-bond donors (Lipinski definition) is 0. The number of halogens is 1. The summed E-state index contributed by atoms with van der Waals surface area (Å²) in [6.07, 6.45) is 3.81. The zero-order chi connectivity index (χ0) is 20.4. The van der Waals surface area contributed by atoms with Gasteiger partial charge >= 0.3 is 0 Å². The van der Waals surface area contributed by atoms with E-state index in [2.05, 4.69) is 4.98 Å². The van der Waals surface area contributed by atoms with Gasteiger partial charge in [-0.2, -0.15) is 0 Å². The molecule has 4 rings (SSSR count). The van der Waals surface area contributed by atoms with Crippen LogP contribution in [0.2, 0.25) is 5.02 Å². The molecule has 1 amide bonds. The maximum absolute atomic E-state index is 13.3. The van der Waals surface area contributed by atoms with Crippen molar-refractivity contribution in [3.05, 3.63) is 88.2 Å². The second-order valence-electron chi connectivity index (χ2n) is 7.04. The minimum absolute atomic E-state index is 0.00876. The molecule has 0 aliphatic heterocycles. The van der Waals surface area contributed by atoms with Gasteiger partial charge in [-0.15, -0.1) is 0 Å². The van der Waals surface area contributed by atoms with Crippen LogP contribution in [0.15, 0.2) is 60.9 Å². The molecule has 0 aliphatic carbocycles. The SMILES string of the molecule is Cc1ccc(CC(=O)N(Cc2cccnc2)c2nc3c(C)ccc(Cl)c3s2)cc1. The predicted octanol–water partition coefficient (Wildman–Crippen LogP) is 5.74. The number of fused-ring (bicyclic) bond motifs is 1. The number of pyridine rings is 1. The lowest BCUT2D eigenvalue weighted by Gasteiger charge is -2.20. The molecule has 0 aliphatic rings. The number of benzene rings is 2. The van der Waals surface area contributed by atoms with Crippen molar-refractivity contribution in [3.63, 3.8) is 0 Å². The van der Waals surface area contributed by atoms with Crippen LogP contribution in [0.5, 0.6) is 0 Å². The third-order valence-electron chi connectivity index (χ3n) is 4.76. The fraction of sp³-hybridized carbons (Fsp3) is 0.174. The van der Waals surface area contributed by atoms with Crippen molar-refractivity contribution in [3.8, 4) is 0 Å². The summed E-state index contributed by atoms with van der Waals surface area (Å²) in [5.74, 6) is -0.00876. The molecule has 4 nitrogen and oxygen atoms in total. The van der Waals surface area contributed by atoms with Crippen molar-refractivity contribution in [1.82, 2.24) is 9.97 Å². The van der Waals surface area contributed by atoms with Crippen molar-refractivity contribution in [1.29, 1.82) is 0 Å². The Hall–Kier alpha value is -2.76. The molecule has 0 saturated carbocycles. The zero-order valence-electron chi connectivity index (χ0n) is 16.2. The van der Waals surface area contributed by atoms with Gasteiger partial charge in [-0.05, 0) is 42.7 Å². The molecule has 6 heteroatoms. The minimum Gasteiger partial charge on any atom is -0.283 e. The summed E-state index contributed by atoms with van der Waals surface area (Å²) in [4.78, 5) is 24.0. The number of aryl methyl sites for hydroxylation is 2. The van der Waals surface area contributed by atoms with Crippen molar-refractivity contribution in [2.45, 2.75) is 26.8 Å². The van der Waals surface area contributed by atoms with E-state index in [4.69, 9.17) is 16.6 Å². The summed E-state index contributed by atoms with van der Waals surface area (Å²) in [5, 5.41) is 1.30. The van der Waals surface area contributed by atoms with E-state index in [1.165, 1.54) is 16.9 Å². The Balaban J connectivity index is 1.72. The summed E-state index contributed by atoms with van der Waals surface area (Å²) < 4.78 is 0.904. The van der Waals surface area contributed by atoms with Gasteiger partial charge in [-0.25, -0.2) is 4.98 Å². The second kappa shape index (κ2) is 8.31. The molecule has 0 unspecified atom stereocenters. The lowest BCUT2D eigenvalue weighted by atomic mass is 10.1. The highest BCUT2D eigenvalue weighted by Crippen LogP contribution is 2.36. The summed E-state index contributed by atoms with van der Waals surface area (Å²) in [5.41, 5.74) is 4.99. The summed E-state index contributed by atoms with van der Waals surface area (Å²) >= 11 is 7.84. The van der Waals surface area contributed by atoms with Gasteiger partial charge in [0.25, 0.3) is 0 Å². The van der Waals surface area contributed by atoms with Gasteiger partial charge in [-0.3, -0.25) is 14.7 Å². The van der Waals surface area contributed by atoms with Crippen molar-refractivity contribution >= 4 is 44.2 Å². The number of carbonyl (C=O) groups is 1. The maximum Gasteiger partial charge on any atom is 0.233 e. The fourth-order valence-corrected chi connectivity index (χ4v) is 4.45. The molecule has 0 saturated heterocycles. The first-order valence-corrected chi connectivity index (χ1v) is 10.5. The predicted molar refractivity (Wildman–Crippen MR) is 120 cm³/mol. The zero-order valence-corrected chi connectivity index (χ0v) is 17.8. The molecule has 146 valence electrons. The highest BCUT2D eigenvalue weighted by atomic mass is 35.5. The summed E-state index contributed by atoms with van der Waals surface area (Å²) in [6, 6.07) is 15.7. The largest absolute Gasteiger partial charge is 0.283 e. The molecule has 2 aromatic heterocycles. The number of aromatic nitrogens is 2. The van der Waals surface area contributed by atoms with Gasteiger partial charge in [0.2, 0.25) is 5.91 Å². The fourth-order valence-electron chi connectivity index (χ4n) is 3.12. The number of carbonyl (C=O) groups excluding carboxylic acids is 1. The van der Waals surface area contributed by atoms with Gasteiger partial charge in [-0.1, -0.05) is 64.9 Å². The van der Waals surface area contributed by atoms with E-state index in [1.807, 2.05) is 62.4 Å². The quantitative estimate of drug-likeness (QED) is 0.413. The summed E-state index contributed by atoms with van der Waals surface area (Å²) in [6.45, 7) is 4.45. The van der Waals surface area contributed by atoms with Crippen LogP contribution in [0.1, 0.15) is 22.3 Å². The number of thiazole rings is 1. The number of hydrogen-bond acceptors (Lipinski definition) is 4. The Morgan fingerprint density at radius 3 is 2.55 bits per heavy atom. The molecular weight excluding hydrogens is 402 g/mol. The smallest absolute Gasteiger partial charge is 0.233 e. The molecule has 0 bridgehead atoms. The van der Waals surface area contributed by atoms with E-state index in [0.717, 1.165) is 26.9 Å².